The summed E-state index contributed by atoms with van der Waals surface area (Å²) in [7, 11) is 0. The molecule has 0 atom stereocenters. The van der Waals surface area contributed by atoms with Crippen molar-refractivity contribution in [1.29, 1.82) is 0 Å². The van der Waals surface area contributed by atoms with Crippen LogP contribution in [0.25, 0.3) is 165 Å². The number of fused-ring (bicyclic) bond motifs is 9. The Labute approximate surface area is 462 Å². The summed E-state index contributed by atoms with van der Waals surface area (Å²) >= 11 is 0. The van der Waals surface area contributed by atoms with Crippen molar-refractivity contribution in [3.8, 4) is 89.4 Å². The molecule has 0 spiro atoms. The molecule has 0 unspecified atom stereocenters. The Kier molecular flexibility index (Phi) is 10.6. The van der Waals surface area contributed by atoms with Crippen LogP contribution in [0.3, 0.4) is 0 Å². The van der Waals surface area contributed by atoms with Gasteiger partial charge in [-0.05, 0) is 123 Å². The molecule has 2 nitrogen and oxygen atoms in total. The number of benzene rings is 14. The van der Waals surface area contributed by atoms with E-state index in [9.17, 15) is 0 Å². The van der Waals surface area contributed by atoms with Gasteiger partial charge >= 0.3 is 0 Å². The van der Waals surface area contributed by atoms with Gasteiger partial charge in [0.15, 0.2) is 0 Å². The second-order valence-electron chi connectivity index (χ2n) is 21.0. The summed E-state index contributed by atoms with van der Waals surface area (Å²) in [5.41, 5.74) is 16.9. The normalized spacial score (nSPS) is 11.8. The lowest BCUT2D eigenvalue weighted by Crippen LogP contribution is -1.90. The second-order valence-corrected chi connectivity index (χ2v) is 21.0. The second kappa shape index (κ2) is 18.6. The predicted octanol–water partition coefficient (Wildman–Crippen LogP) is 22.3. The molecule has 2 heteroatoms. The molecule has 0 aliphatic rings. The third kappa shape index (κ3) is 7.49. The van der Waals surface area contributed by atoms with Crippen molar-refractivity contribution >= 4 is 75.8 Å². The Morgan fingerprint density at radius 2 is 0.525 bits per heavy atom. The zero-order valence-electron chi connectivity index (χ0n) is 43.5. The van der Waals surface area contributed by atoms with Gasteiger partial charge < -0.3 is 8.83 Å². The van der Waals surface area contributed by atoms with Crippen LogP contribution >= 0.6 is 0 Å². The van der Waals surface area contributed by atoms with Gasteiger partial charge in [-0.2, -0.15) is 0 Å². The van der Waals surface area contributed by atoms with Crippen LogP contribution in [0.1, 0.15) is 0 Å². The minimum atomic E-state index is 0.806. The number of furan rings is 2. The van der Waals surface area contributed by atoms with E-state index in [1.807, 2.05) is 0 Å². The fraction of sp³-hybridized carbons (Fsp3) is 0. The van der Waals surface area contributed by atoms with Gasteiger partial charge in [-0.3, -0.25) is 0 Å². The summed E-state index contributed by atoms with van der Waals surface area (Å²) in [6.07, 6.45) is 0. The monoisotopic (exact) mass is 1020 g/mol. The van der Waals surface area contributed by atoms with Gasteiger partial charge in [0.2, 0.25) is 0 Å². The molecule has 0 aliphatic carbocycles. The van der Waals surface area contributed by atoms with Crippen molar-refractivity contribution in [2.45, 2.75) is 0 Å². The third-order valence-electron chi connectivity index (χ3n) is 16.5. The third-order valence-corrected chi connectivity index (χ3v) is 16.5. The van der Waals surface area contributed by atoms with Crippen molar-refractivity contribution in [1.82, 2.24) is 0 Å². The number of rotatable bonds is 8. The molecule has 16 aromatic rings. The summed E-state index contributed by atoms with van der Waals surface area (Å²) < 4.78 is 15.4. The lowest BCUT2D eigenvalue weighted by atomic mass is 9.86. The quantitative estimate of drug-likeness (QED) is 0.152. The lowest BCUT2D eigenvalue weighted by molar-refractivity contribution is 0.633. The fourth-order valence-electron chi connectivity index (χ4n) is 12.6. The first-order valence-electron chi connectivity index (χ1n) is 27.5. The first-order valence-corrected chi connectivity index (χ1v) is 27.5. The van der Waals surface area contributed by atoms with Gasteiger partial charge in [-0.1, -0.05) is 267 Å². The maximum atomic E-state index is 7.68. The molecule has 0 radical (unpaired) electrons. The molecule has 0 saturated carbocycles. The molecule has 2 aromatic heterocycles. The lowest BCUT2D eigenvalue weighted by Gasteiger charge is -2.15. The van der Waals surface area contributed by atoms with E-state index in [1.54, 1.807) is 0 Å². The van der Waals surface area contributed by atoms with Crippen LogP contribution in [-0.4, -0.2) is 0 Å². The first-order chi connectivity index (χ1) is 39.7. The van der Waals surface area contributed by atoms with E-state index in [1.165, 1.54) is 54.2 Å². The van der Waals surface area contributed by atoms with Gasteiger partial charge in [0, 0.05) is 43.8 Å². The van der Waals surface area contributed by atoms with E-state index in [2.05, 4.69) is 291 Å². The molecule has 0 saturated heterocycles. The smallest absolute Gasteiger partial charge is 0.144 e. The van der Waals surface area contributed by atoms with Crippen LogP contribution in [0.15, 0.2) is 300 Å². The summed E-state index contributed by atoms with van der Waals surface area (Å²) in [6, 6.07) is 106. The summed E-state index contributed by atoms with van der Waals surface area (Å²) in [5, 5.41) is 13.6. The van der Waals surface area contributed by atoms with E-state index >= 15 is 0 Å². The van der Waals surface area contributed by atoms with Gasteiger partial charge in [0.05, 0.1) is 0 Å². The zero-order valence-corrected chi connectivity index (χ0v) is 43.5. The molecule has 16 rings (SSSR count). The molecular formula is C78H48O2. The van der Waals surface area contributed by atoms with Crippen molar-refractivity contribution in [2.75, 3.05) is 0 Å². The van der Waals surface area contributed by atoms with Crippen LogP contribution in [0.5, 0.6) is 0 Å². The van der Waals surface area contributed by atoms with Crippen LogP contribution in [0.4, 0.5) is 0 Å². The molecule has 0 fully saturated rings. The Hall–Kier alpha value is -10.5. The van der Waals surface area contributed by atoms with Crippen LogP contribution in [0.2, 0.25) is 0 Å². The van der Waals surface area contributed by atoms with E-state index < -0.39 is 0 Å². The fourth-order valence-corrected chi connectivity index (χ4v) is 12.6. The highest BCUT2D eigenvalue weighted by molar-refractivity contribution is 6.29. The maximum Gasteiger partial charge on any atom is 0.144 e. The molecule has 372 valence electrons. The molecule has 2 heterocycles. The van der Waals surface area contributed by atoms with E-state index in [-0.39, 0.29) is 0 Å². The minimum absolute atomic E-state index is 0.806. The summed E-state index contributed by atoms with van der Waals surface area (Å²) in [6.45, 7) is 0. The summed E-state index contributed by atoms with van der Waals surface area (Å²) in [4.78, 5) is 0. The van der Waals surface area contributed by atoms with Gasteiger partial charge in [-0.15, -0.1) is 0 Å². The highest BCUT2D eigenvalue weighted by Crippen LogP contribution is 2.54. The molecule has 0 amide bonds. The maximum absolute atomic E-state index is 7.68. The van der Waals surface area contributed by atoms with Crippen molar-refractivity contribution in [3.63, 3.8) is 0 Å². The van der Waals surface area contributed by atoms with Crippen molar-refractivity contribution in [3.05, 3.63) is 291 Å². The number of hydrogen-bond acceptors (Lipinski definition) is 2. The van der Waals surface area contributed by atoms with Gasteiger partial charge in [0.25, 0.3) is 0 Å². The Morgan fingerprint density at radius 1 is 0.188 bits per heavy atom. The Balaban J connectivity index is 1.03. The SMILES string of the molecule is c1ccc(-c2c(-c3ccc(-c4cccc5ccccc45)cc3)oc3c2cc(-c2ccc4ccccc4c2)c2c4oc(-c5ccc(-c6cccc7ccccc67)cc5)c(-c5ccccc5)c4cc(-c4ccc5ccccc5c4)c32)cc1. The largest absolute Gasteiger partial charge is 0.455 e. The Bertz CT molecular complexity index is 4750. The van der Waals surface area contributed by atoms with Crippen LogP contribution < -0.4 is 0 Å². The molecule has 14 aromatic carbocycles. The van der Waals surface area contributed by atoms with Gasteiger partial charge in [-0.25, -0.2) is 0 Å². The molecule has 0 aliphatic heterocycles. The topological polar surface area (TPSA) is 26.3 Å². The molecule has 0 N–H and O–H groups in total. The average Bonchev–Trinajstić information content (AvgIpc) is 4.01. The van der Waals surface area contributed by atoms with Gasteiger partial charge in [0.1, 0.15) is 22.7 Å². The van der Waals surface area contributed by atoms with E-state index in [0.717, 1.165) is 111 Å². The van der Waals surface area contributed by atoms with E-state index in [0.29, 0.717) is 0 Å². The highest BCUT2D eigenvalue weighted by Gasteiger charge is 2.29. The van der Waals surface area contributed by atoms with Crippen molar-refractivity contribution in [2.24, 2.45) is 0 Å². The minimum Gasteiger partial charge on any atom is -0.455 e. The standard InChI is InChI=1S/C78H48O2/c1-3-21-55(22-4-1)71-69-47-67(61-43-33-49-17-7-9-25-59(49)45-61)74-73(77(69)79-75(71)57-39-35-53(36-40-57)65-31-15-27-51-19-11-13-29-63(51)65)68(62-44-34-50-18-8-10-26-60(50)46-62)48-70-72(56-23-5-2-6-24-56)76(80-78(70)74)58-41-37-54(38-42-58)66-32-16-28-52-20-12-14-30-64(52)66/h1-48H. The molecule has 0 bridgehead atoms. The van der Waals surface area contributed by atoms with Crippen LogP contribution in [-0.2, 0) is 0 Å². The first kappa shape index (κ1) is 45.6. The number of hydrogen-bond donors (Lipinski definition) is 0. The van der Waals surface area contributed by atoms with Crippen LogP contribution in [0, 0.1) is 0 Å². The average molecular weight is 1020 g/mol. The highest BCUT2D eigenvalue weighted by atomic mass is 16.3. The molecular weight excluding hydrogens is 969 g/mol. The van der Waals surface area contributed by atoms with Crippen molar-refractivity contribution < 1.29 is 8.83 Å². The zero-order chi connectivity index (χ0) is 52.7. The summed E-state index contributed by atoms with van der Waals surface area (Å²) in [5.74, 6) is 1.63. The van der Waals surface area contributed by atoms with E-state index in [4.69, 9.17) is 8.83 Å². The Morgan fingerprint density at radius 3 is 0.950 bits per heavy atom. The predicted molar refractivity (Wildman–Crippen MR) is 337 cm³/mol. The molecule has 80 heavy (non-hydrogen) atoms.